The summed E-state index contributed by atoms with van der Waals surface area (Å²) in [4.78, 5) is 11.0. The molecular formula is C13H24N4O2. The maximum Gasteiger partial charge on any atom is 0.313 e. The molecule has 19 heavy (non-hydrogen) atoms. The molecule has 1 heterocycles. The molecule has 1 aromatic rings. The third-order valence-corrected chi connectivity index (χ3v) is 3.61. The molecule has 1 rings (SSSR count). The Hall–Kier alpha value is -1.43. The maximum atomic E-state index is 11.3. The fraction of sp³-hybridized carbons (Fsp3) is 0.769. The number of hydrogen-bond acceptors (Lipinski definition) is 4. The highest BCUT2D eigenvalue weighted by Crippen LogP contribution is 2.35. The number of aromatic nitrogens is 2. The quantitative estimate of drug-likeness (QED) is 0.636. The molecule has 0 aliphatic carbocycles. The smallest absolute Gasteiger partial charge is 0.313 e. The zero-order valence-electron chi connectivity index (χ0n) is 12.6. The van der Waals surface area contributed by atoms with Gasteiger partial charge in [0.2, 0.25) is 0 Å². The van der Waals surface area contributed by atoms with Crippen molar-refractivity contribution in [2.75, 3.05) is 7.05 Å². The molecule has 1 N–H and O–H groups in total. The first-order valence-electron chi connectivity index (χ1n) is 6.75. The van der Waals surface area contributed by atoms with Gasteiger partial charge in [0.25, 0.3) is 0 Å². The number of hydrogen-bond donors (Lipinski definition) is 1. The Morgan fingerprint density at radius 3 is 2.37 bits per heavy atom. The predicted octanol–water partition coefficient (Wildman–Crippen LogP) is 2.78. The van der Waals surface area contributed by atoms with Gasteiger partial charge in [-0.25, -0.2) is 0 Å². The van der Waals surface area contributed by atoms with Crippen molar-refractivity contribution in [1.82, 2.24) is 15.1 Å². The van der Waals surface area contributed by atoms with E-state index in [-0.39, 0.29) is 28.6 Å². The van der Waals surface area contributed by atoms with E-state index in [2.05, 4.69) is 17.3 Å². The molecular weight excluding hydrogens is 244 g/mol. The van der Waals surface area contributed by atoms with E-state index in [0.717, 1.165) is 12.1 Å². The average Bonchev–Trinajstić information content (AvgIpc) is 2.67. The van der Waals surface area contributed by atoms with Crippen LogP contribution in [-0.2, 0) is 0 Å². The molecule has 0 saturated carbocycles. The molecule has 6 heteroatoms. The molecule has 0 radical (unpaired) electrons. The van der Waals surface area contributed by atoms with Gasteiger partial charge in [-0.1, -0.05) is 6.92 Å². The van der Waals surface area contributed by atoms with Crippen LogP contribution in [0.4, 0.5) is 5.69 Å². The molecule has 0 bridgehead atoms. The highest BCUT2D eigenvalue weighted by molar-refractivity contribution is 5.43. The Kier molecular flexibility index (Phi) is 5.05. The molecule has 6 nitrogen and oxygen atoms in total. The lowest BCUT2D eigenvalue weighted by atomic mass is 9.93. The predicted molar refractivity (Wildman–Crippen MR) is 75.6 cm³/mol. The summed E-state index contributed by atoms with van der Waals surface area (Å²) in [5, 5.41) is 18.9. The van der Waals surface area contributed by atoms with E-state index in [1.807, 2.05) is 27.8 Å². The van der Waals surface area contributed by atoms with Gasteiger partial charge in [-0.05, 0) is 41.2 Å². The standard InChI is InChI=1S/C13H24N4O2/c1-7-11(9(4)14-6)13-12(17(18)19)10(5)15-16(13)8(2)3/h8-9,11,14H,7H2,1-6H3. The molecule has 2 unspecified atom stereocenters. The number of rotatable bonds is 6. The molecule has 0 fully saturated rings. The second-order valence-corrected chi connectivity index (χ2v) is 5.21. The minimum absolute atomic E-state index is 0.0778. The summed E-state index contributed by atoms with van der Waals surface area (Å²) in [5.41, 5.74) is 1.40. The van der Waals surface area contributed by atoms with E-state index in [4.69, 9.17) is 0 Å². The van der Waals surface area contributed by atoms with E-state index in [1.54, 1.807) is 11.6 Å². The van der Waals surface area contributed by atoms with Crippen LogP contribution in [0.25, 0.3) is 0 Å². The van der Waals surface area contributed by atoms with Crippen molar-refractivity contribution in [2.24, 2.45) is 0 Å². The second-order valence-electron chi connectivity index (χ2n) is 5.21. The van der Waals surface area contributed by atoms with Crippen molar-refractivity contribution >= 4 is 5.69 Å². The first-order chi connectivity index (χ1) is 8.84. The van der Waals surface area contributed by atoms with Crippen LogP contribution in [0.3, 0.4) is 0 Å². The number of nitrogens with zero attached hydrogens (tertiary/aromatic N) is 3. The van der Waals surface area contributed by atoms with Gasteiger partial charge in [0.05, 0.1) is 4.92 Å². The second kappa shape index (κ2) is 6.14. The molecule has 108 valence electrons. The van der Waals surface area contributed by atoms with Gasteiger partial charge in [-0.2, -0.15) is 5.10 Å². The zero-order valence-corrected chi connectivity index (χ0v) is 12.6. The molecule has 0 saturated heterocycles. The van der Waals surface area contributed by atoms with Gasteiger partial charge < -0.3 is 5.32 Å². The Bertz CT molecular complexity index is 454. The number of likely N-dealkylation sites (N-methyl/N-ethyl adjacent to an activating group) is 1. The first-order valence-corrected chi connectivity index (χ1v) is 6.75. The number of aryl methyl sites for hydroxylation is 1. The van der Waals surface area contributed by atoms with Crippen molar-refractivity contribution in [3.05, 3.63) is 21.5 Å². The Labute approximate surface area is 114 Å². The monoisotopic (exact) mass is 268 g/mol. The van der Waals surface area contributed by atoms with E-state index < -0.39 is 0 Å². The van der Waals surface area contributed by atoms with E-state index >= 15 is 0 Å². The van der Waals surface area contributed by atoms with E-state index in [1.165, 1.54) is 0 Å². The normalized spacial score (nSPS) is 14.7. The summed E-state index contributed by atoms with van der Waals surface area (Å²) in [6.07, 6.45) is 0.834. The largest absolute Gasteiger partial charge is 0.317 e. The summed E-state index contributed by atoms with van der Waals surface area (Å²) in [5.74, 6) is 0.0778. The first kappa shape index (κ1) is 15.6. The Morgan fingerprint density at radius 1 is 1.42 bits per heavy atom. The Morgan fingerprint density at radius 2 is 2.00 bits per heavy atom. The fourth-order valence-corrected chi connectivity index (χ4v) is 2.51. The van der Waals surface area contributed by atoms with Crippen LogP contribution in [0.5, 0.6) is 0 Å². The summed E-state index contributed by atoms with van der Waals surface area (Å²) in [7, 11) is 1.88. The third kappa shape index (κ3) is 2.94. The minimum Gasteiger partial charge on any atom is -0.317 e. The summed E-state index contributed by atoms with van der Waals surface area (Å²) in [6, 6.07) is 0.276. The van der Waals surface area contributed by atoms with Crippen LogP contribution in [0.1, 0.15) is 57.5 Å². The van der Waals surface area contributed by atoms with Gasteiger partial charge in [0.15, 0.2) is 0 Å². The maximum absolute atomic E-state index is 11.3. The fourth-order valence-electron chi connectivity index (χ4n) is 2.51. The van der Waals surface area contributed by atoms with Crippen molar-refractivity contribution in [3.63, 3.8) is 0 Å². The van der Waals surface area contributed by atoms with Crippen LogP contribution >= 0.6 is 0 Å². The van der Waals surface area contributed by atoms with Crippen LogP contribution in [0.2, 0.25) is 0 Å². The Balaban J connectivity index is 3.47. The van der Waals surface area contributed by atoms with E-state index in [0.29, 0.717) is 5.69 Å². The lowest BCUT2D eigenvalue weighted by molar-refractivity contribution is -0.386. The molecule has 0 aliphatic rings. The summed E-state index contributed by atoms with van der Waals surface area (Å²) < 4.78 is 1.80. The molecule has 0 aliphatic heterocycles. The number of nitro groups is 1. The molecule has 0 spiro atoms. The van der Waals surface area contributed by atoms with Gasteiger partial charge in [-0.15, -0.1) is 0 Å². The van der Waals surface area contributed by atoms with Crippen LogP contribution < -0.4 is 5.32 Å². The summed E-state index contributed by atoms with van der Waals surface area (Å²) >= 11 is 0. The van der Waals surface area contributed by atoms with Gasteiger partial charge >= 0.3 is 5.69 Å². The van der Waals surface area contributed by atoms with E-state index in [9.17, 15) is 10.1 Å². The van der Waals surface area contributed by atoms with Crippen LogP contribution in [0.15, 0.2) is 0 Å². The van der Waals surface area contributed by atoms with Crippen LogP contribution in [-0.4, -0.2) is 27.8 Å². The SMILES string of the molecule is CCC(c1c([N+](=O)[O-])c(C)nn1C(C)C)C(C)NC. The van der Waals surface area contributed by atoms with Crippen molar-refractivity contribution < 1.29 is 4.92 Å². The minimum atomic E-state index is -0.304. The molecule has 0 amide bonds. The lowest BCUT2D eigenvalue weighted by Gasteiger charge is -2.23. The summed E-state index contributed by atoms with van der Waals surface area (Å²) in [6.45, 7) is 9.80. The molecule has 1 aromatic heterocycles. The van der Waals surface area contributed by atoms with Gasteiger partial charge in [0, 0.05) is 18.0 Å². The lowest BCUT2D eigenvalue weighted by Crippen LogP contribution is -2.30. The molecule has 2 atom stereocenters. The highest BCUT2D eigenvalue weighted by Gasteiger charge is 2.33. The zero-order chi connectivity index (χ0) is 14.7. The van der Waals surface area contributed by atoms with Gasteiger partial charge in [0.1, 0.15) is 11.4 Å². The highest BCUT2D eigenvalue weighted by atomic mass is 16.6. The van der Waals surface area contributed by atoms with Crippen molar-refractivity contribution in [3.8, 4) is 0 Å². The molecule has 0 aromatic carbocycles. The number of nitrogens with one attached hydrogen (secondary N) is 1. The average molecular weight is 268 g/mol. The van der Waals surface area contributed by atoms with Crippen LogP contribution in [0, 0.1) is 17.0 Å². The van der Waals surface area contributed by atoms with Gasteiger partial charge in [-0.3, -0.25) is 14.8 Å². The van der Waals surface area contributed by atoms with Crippen molar-refractivity contribution in [1.29, 1.82) is 0 Å². The topological polar surface area (TPSA) is 73.0 Å². The van der Waals surface area contributed by atoms with Crippen molar-refractivity contribution in [2.45, 2.75) is 59.0 Å². The third-order valence-electron chi connectivity index (χ3n) is 3.61.